The summed E-state index contributed by atoms with van der Waals surface area (Å²) in [5.74, 6) is -0.138. The van der Waals surface area contributed by atoms with E-state index in [0.29, 0.717) is 5.69 Å². The molecule has 6 heteroatoms. The number of fused-ring (bicyclic) bond motifs is 2. The van der Waals surface area contributed by atoms with Gasteiger partial charge in [0.1, 0.15) is 12.7 Å². The van der Waals surface area contributed by atoms with E-state index >= 15 is 0 Å². The zero-order valence-electron chi connectivity index (χ0n) is 19.1. The summed E-state index contributed by atoms with van der Waals surface area (Å²) in [6.07, 6.45) is 5.24. The number of hydrogen-bond acceptors (Lipinski definition) is 4. The number of benzene rings is 2. The molecular weight excluding hydrogens is 404 g/mol. The van der Waals surface area contributed by atoms with Gasteiger partial charge in [-0.25, -0.2) is 4.79 Å². The fourth-order valence-electron chi connectivity index (χ4n) is 4.32. The molecule has 1 aliphatic heterocycles. The number of ether oxygens (including phenoxy) is 2. The maximum Gasteiger partial charge on any atom is 0.411 e. The summed E-state index contributed by atoms with van der Waals surface area (Å²) in [5.41, 5.74) is 4.00. The van der Waals surface area contributed by atoms with Gasteiger partial charge >= 0.3 is 6.09 Å². The lowest BCUT2D eigenvalue weighted by atomic mass is 10.0. The van der Waals surface area contributed by atoms with Crippen LogP contribution >= 0.6 is 0 Å². The van der Waals surface area contributed by atoms with Gasteiger partial charge < -0.3 is 9.47 Å². The molecule has 0 spiro atoms. The van der Waals surface area contributed by atoms with Gasteiger partial charge in [0.25, 0.3) is 5.91 Å². The molecule has 2 amide bonds. The van der Waals surface area contributed by atoms with Crippen molar-refractivity contribution in [3.63, 3.8) is 0 Å². The first kappa shape index (κ1) is 22.3. The highest BCUT2D eigenvalue weighted by Gasteiger charge is 2.28. The monoisotopic (exact) mass is 436 g/mol. The molecule has 1 saturated carbocycles. The Morgan fingerprint density at radius 2 is 1.69 bits per heavy atom. The molecule has 0 aromatic heterocycles. The van der Waals surface area contributed by atoms with Crippen LogP contribution in [0.5, 0.6) is 0 Å². The third-order valence-electron chi connectivity index (χ3n) is 5.92. The summed E-state index contributed by atoms with van der Waals surface area (Å²) >= 11 is 0. The topological polar surface area (TPSA) is 67.9 Å². The molecule has 2 aliphatic rings. The minimum atomic E-state index is -0.445. The van der Waals surface area contributed by atoms with Crippen molar-refractivity contribution in [2.75, 3.05) is 16.8 Å². The number of amides is 2. The van der Waals surface area contributed by atoms with Gasteiger partial charge in [-0.1, -0.05) is 24.3 Å². The van der Waals surface area contributed by atoms with E-state index in [1.807, 2.05) is 57.2 Å². The Bertz CT molecular complexity index is 990. The number of nitrogens with zero attached hydrogens (tertiary/aromatic N) is 1. The van der Waals surface area contributed by atoms with Crippen LogP contribution < -0.4 is 10.2 Å². The zero-order chi connectivity index (χ0) is 22.7. The van der Waals surface area contributed by atoms with E-state index in [4.69, 9.17) is 9.47 Å². The molecule has 32 heavy (non-hydrogen) atoms. The Labute approximate surface area is 189 Å². The normalized spacial score (nSPS) is 16.2. The van der Waals surface area contributed by atoms with Crippen molar-refractivity contribution < 1.29 is 19.1 Å². The van der Waals surface area contributed by atoms with E-state index in [-0.39, 0.29) is 18.6 Å². The summed E-state index contributed by atoms with van der Waals surface area (Å²) in [6, 6.07) is 13.7. The maximum atomic E-state index is 13.4. The molecule has 6 nitrogen and oxygen atoms in total. The molecule has 1 aliphatic carbocycles. The van der Waals surface area contributed by atoms with Crippen LogP contribution in [0.25, 0.3) is 0 Å². The molecule has 0 unspecified atom stereocenters. The van der Waals surface area contributed by atoms with Crippen LogP contribution in [0.3, 0.4) is 0 Å². The molecule has 1 N–H and O–H groups in total. The summed E-state index contributed by atoms with van der Waals surface area (Å²) < 4.78 is 11.3. The summed E-state index contributed by atoms with van der Waals surface area (Å²) in [6.45, 7) is 5.77. The quantitative estimate of drug-likeness (QED) is 0.662. The first-order valence-corrected chi connectivity index (χ1v) is 11.5. The zero-order valence-corrected chi connectivity index (χ0v) is 19.1. The smallest absolute Gasteiger partial charge is 0.411 e. The molecular formula is C26H32N2O4. The minimum absolute atomic E-state index is 0.00433. The van der Waals surface area contributed by atoms with E-state index in [1.54, 1.807) is 4.90 Å². The number of anilines is 3. The average molecular weight is 437 g/mol. The van der Waals surface area contributed by atoms with E-state index in [1.165, 1.54) is 0 Å². The van der Waals surface area contributed by atoms with Gasteiger partial charge in [-0.05, 0) is 88.6 Å². The molecule has 170 valence electrons. The second-order valence-electron chi connectivity index (χ2n) is 9.54. The second-order valence-corrected chi connectivity index (χ2v) is 9.54. The van der Waals surface area contributed by atoms with Crippen LogP contribution in [-0.4, -0.2) is 30.3 Å². The Kier molecular flexibility index (Phi) is 6.51. The third-order valence-corrected chi connectivity index (χ3v) is 5.92. The van der Waals surface area contributed by atoms with Crippen molar-refractivity contribution in [2.45, 2.75) is 71.0 Å². The van der Waals surface area contributed by atoms with Crippen molar-refractivity contribution in [2.24, 2.45) is 0 Å². The van der Waals surface area contributed by atoms with Crippen molar-refractivity contribution in [1.29, 1.82) is 0 Å². The number of carbonyl (C=O) groups is 2. The Morgan fingerprint density at radius 1 is 1.00 bits per heavy atom. The number of hydrogen-bond donors (Lipinski definition) is 1. The molecule has 2 aromatic rings. The van der Waals surface area contributed by atoms with E-state index in [2.05, 4.69) is 11.4 Å². The van der Waals surface area contributed by atoms with Crippen molar-refractivity contribution in [1.82, 2.24) is 0 Å². The van der Waals surface area contributed by atoms with Gasteiger partial charge in [-0.15, -0.1) is 0 Å². The minimum Gasteiger partial charge on any atom is -0.446 e. The predicted octanol–water partition coefficient (Wildman–Crippen LogP) is 5.76. The van der Waals surface area contributed by atoms with Gasteiger partial charge in [0.15, 0.2) is 0 Å². The standard InChI is InChI=1S/C26H32N2O4/c1-26(2,3)31-17-24(29)28-22-11-7-4-8-18(22)12-13-19-14-15-20(16-23(19)28)27-25(30)32-21-9-5-6-10-21/h4,7-8,11,14-16,21H,5-6,9-10,12-13,17H2,1-3H3,(H,27,30). The van der Waals surface area contributed by atoms with Crippen LogP contribution in [0.4, 0.5) is 21.9 Å². The summed E-state index contributed by atoms with van der Waals surface area (Å²) in [5, 5.41) is 2.85. The van der Waals surface area contributed by atoms with Crippen LogP contribution in [0.2, 0.25) is 0 Å². The molecule has 0 bridgehead atoms. The lowest BCUT2D eigenvalue weighted by Gasteiger charge is -2.27. The van der Waals surface area contributed by atoms with Crippen LogP contribution in [-0.2, 0) is 27.1 Å². The Hall–Kier alpha value is -2.86. The van der Waals surface area contributed by atoms with Gasteiger partial charge in [0.2, 0.25) is 0 Å². The SMILES string of the molecule is CC(C)(C)OCC(=O)N1c2ccccc2CCc2ccc(NC(=O)OC3CCCC3)cc21. The molecule has 1 heterocycles. The fraction of sp³-hybridized carbons (Fsp3) is 0.462. The average Bonchev–Trinajstić information content (AvgIpc) is 3.19. The molecule has 1 fully saturated rings. The number of para-hydroxylation sites is 1. The van der Waals surface area contributed by atoms with E-state index < -0.39 is 11.7 Å². The lowest BCUT2D eigenvalue weighted by Crippen LogP contribution is -2.34. The second kappa shape index (κ2) is 9.33. The molecule has 0 atom stereocenters. The van der Waals surface area contributed by atoms with Crippen molar-refractivity contribution >= 4 is 29.1 Å². The third kappa shape index (κ3) is 5.30. The highest BCUT2D eigenvalue weighted by molar-refractivity contribution is 6.03. The van der Waals surface area contributed by atoms with Crippen LogP contribution in [0.1, 0.15) is 57.6 Å². The highest BCUT2D eigenvalue weighted by Crippen LogP contribution is 2.38. The van der Waals surface area contributed by atoms with Gasteiger partial charge in [0, 0.05) is 5.69 Å². The van der Waals surface area contributed by atoms with Crippen molar-refractivity contribution in [3.05, 3.63) is 53.6 Å². The van der Waals surface area contributed by atoms with Crippen LogP contribution in [0, 0.1) is 0 Å². The molecule has 2 aromatic carbocycles. The Balaban J connectivity index is 1.62. The lowest BCUT2D eigenvalue weighted by molar-refractivity contribution is -0.127. The molecule has 0 saturated heterocycles. The maximum absolute atomic E-state index is 13.4. The van der Waals surface area contributed by atoms with Gasteiger partial charge in [-0.2, -0.15) is 0 Å². The highest BCUT2D eigenvalue weighted by atomic mass is 16.6. The first-order chi connectivity index (χ1) is 15.3. The number of rotatable bonds is 4. The van der Waals surface area contributed by atoms with Crippen molar-refractivity contribution in [3.8, 4) is 0 Å². The number of nitrogens with one attached hydrogen (secondary N) is 1. The number of carbonyl (C=O) groups excluding carboxylic acids is 2. The Morgan fingerprint density at radius 3 is 2.41 bits per heavy atom. The molecule has 0 radical (unpaired) electrons. The van der Waals surface area contributed by atoms with E-state index in [9.17, 15) is 9.59 Å². The van der Waals surface area contributed by atoms with E-state index in [0.717, 1.165) is 61.0 Å². The summed E-state index contributed by atoms with van der Waals surface area (Å²) in [4.78, 5) is 27.5. The van der Waals surface area contributed by atoms with Gasteiger partial charge in [0.05, 0.1) is 17.0 Å². The summed E-state index contributed by atoms with van der Waals surface area (Å²) in [7, 11) is 0. The first-order valence-electron chi connectivity index (χ1n) is 11.5. The van der Waals surface area contributed by atoms with Gasteiger partial charge in [-0.3, -0.25) is 15.0 Å². The predicted molar refractivity (Wildman–Crippen MR) is 126 cm³/mol. The fourth-order valence-corrected chi connectivity index (χ4v) is 4.32. The molecule has 4 rings (SSSR count). The largest absolute Gasteiger partial charge is 0.446 e. The van der Waals surface area contributed by atoms with Crippen LogP contribution in [0.15, 0.2) is 42.5 Å². The number of aryl methyl sites for hydroxylation is 2.